The fourth-order valence-electron chi connectivity index (χ4n) is 3.33. The Morgan fingerprint density at radius 1 is 1.07 bits per heavy atom. The Labute approximate surface area is 158 Å². The molecule has 0 aliphatic carbocycles. The lowest BCUT2D eigenvalue weighted by molar-refractivity contribution is 0.0730. The van der Waals surface area contributed by atoms with Crippen LogP contribution in [0, 0.1) is 6.92 Å². The smallest absolute Gasteiger partial charge is 0.216 e. The van der Waals surface area contributed by atoms with Gasteiger partial charge in [0.2, 0.25) is 10.0 Å². The van der Waals surface area contributed by atoms with E-state index in [-0.39, 0.29) is 5.75 Å². The summed E-state index contributed by atoms with van der Waals surface area (Å²) < 4.78 is 45.1. The Kier molecular flexibility index (Phi) is 5.07. The third kappa shape index (κ3) is 3.80. The van der Waals surface area contributed by atoms with Gasteiger partial charge in [-0.15, -0.1) is 0 Å². The maximum Gasteiger partial charge on any atom is 0.216 e. The van der Waals surface area contributed by atoms with Crippen LogP contribution in [0.15, 0.2) is 24.5 Å². The molecule has 27 heavy (non-hydrogen) atoms. The minimum atomic E-state index is -3.32. The third-order valence-electron chi connectivity index (χ3n) is 4.80. The summed E-state index contributed by atoms with van der Waals surface area (Å²) in [5.41, 5.74) is 1.91. The standard InChI is InChI=1S/C18H23N3O5S/c1-14-12-16-17(26-10-9-25-16)13-15(14)18-19-2-3-20(18)6-11-27(22,23)21-4-7-24-8-5-21/h2-3,12-13H,4-11H2,1H3. The highest BCUT2D eigenvalue weighted by atomic mass is 32.2. The van der Waals surface area contributed by atoms with Gasteiger partial charge in [-0.05, 0) is 24.6 Å². The Morgan fingerprint density at radius 3 is 2.52 bits per heavy atom. The highest BCUT2D eigenvalue weighted by Crippen LogP contribution is 2.36. The molecule has 2 aromatic rings. The molecular formula is C18H23N3O5S. The zero-order valence-corrected chi connectivity index (χ0v) is 16.1. The molecule has 0 spiro atoms. The summed E-state index contributed by atoms with van der Waals surface area (Å²) in [4.78, 5) is 4.45. The fraction of sp³-hybridized carbons (Fsp3) is 0.500. The van der Waals surface area contributed by atoms with E-state index >= 15 is 0 Å². The van der Waals surface area contributed by atoms with Crippen molar-refractivity contribution < 1.29 is 22.6 Å². The second-order valence-corrected chi connectivity index (χ2v) is 8.67. The van der Waals surface area contributed by atoms with E-state index in [1.54, 1.807) is 12.4 Å². The van der Waals surface area contributed by atoms with Gasteiger partial charge in [-0.3, -0.25) is 0 Å². The largest absolute Gasteiger partial charge is 0.486 e. The monoisotopic (exact) mass is 393 g/mol. The quantitative estimate of drug-likeness (QED) is 0.761. The molecule has 2 aliphatic heterocycles. The molecule has 4 rings (SSSR count). The van der Waals surface area contributed by atoms with Crippen LogP contribution in [0.4, 0.5) is 0 Å². The lowest BCUT2D eigenvalue weighted by atomic mass is 10.1. The van der Waals surface area contributed by atoms with E-state index < -0.39 is 10.0 Å². The first-order valence-electron chi connectivity index (χ1n) is 9.02. The number of imidazole rings is 1. The van der Waals surface area contributed by atoms with Gasteiger partial charge in [-0.2, -0.15) is 4.31 Å². The van der Waals surface area contributed by atoms with Gasteiger partial charge in [0, 0.05) is 37.6 Å². The second kappa shape index (κ2) is 7.49. The minimum Gasteiger partial charge on any atom is -0.486 e. The highest BCUT2D eigenvalue weighted by molar-refractivity contribution is 7.89. The van der Waals surface area contributed by atoms with Crippen molar-refractivity contribution in [2.45, 2.75) is 13.5 Å². The third-order valence-corrected chi connectivity index (χ3v) is 6.65. The number of benzene rings is 1. The molecule has 1 aromatic heterocycles. The maximum absolute atomic E-state index is 12.6. The predicted octanol–water partition coefficient (Wildman–Crippen LogP) is 1.29. The topological polar surface area (TPSA) is 82.9 Å². The van der Waals surface area contributed by atoms with Crippen LogP contribution in [0.5, 0.6) is 11.5 Å². The van der Waals surface area contributed by atoms with E-state index in [2.05, 4.69) is 4.98 Å². The van der Waals surface area contributed by atoms with Crippen molar-refractivity contribution >= 4 is 10.0 Å². The zero-order chi connectivity index (χ0) is 18.9. The number of morpholine rings is 1. The summed E-state index contributed by atoms with van der Waals surface area (Å²) in [5.74, 6) is 2.18. The van der Waals surface area contributed by atoms with E-state index in [4.69, 9.17) is 14.2 Å². The van der Waals surface area contributed by atoms with E-state index in [1.807, 2.05) is 23.6 Å². The number of aromatic nitrogens is 2. The molecule has 146 valence electrons. The maximum atomic E-state index is 12.6. The molecule has 3 heterocycles. The van der Waals surface area contributed by atoms with E-state index in [9.17, 15) is 8.42 Å². The van der Waals surface area contributed by atoms with Crippen LogP contribution < -0.4 is 9.47 Å². The Morgan fingerprint density at radius 2 is 1.78 bits per heavy atom. The Hall–Kier alpha value is -2.10. The molecule has 2 aliphatic rings. The first-order chi connectivity index (χ1) is 13.0. The van der Waals surface area contributed by atoms with Gasteiger partial charge < -0.3 is 18.8 Å². The number of sulfonamides is 1. The van der Waals surface area contributed by atoms with Crippen LogP contribution in [0.2, 0.25) is 0 Å². The number of aryl methyl sites for hydroxylation is 2. The van der Waals surface area contributed by atoms with E-state index in [1.165, 1.54) is 4.31 Å². The highest BCUT2D eigenvalue weighted by Gasteiger charge is 2.25. The summed E-state index contributed by atoms with van der Waals surface area (Å²) in [7, 11) is -3.32. The normalized spacial score (nSPS) is 17.8. The van der Waals surface area contributed by atoms with Crippen molar-refractivity contribution in [2.24, 2.45) is 0 Å². The van der Waals surface area contributed by atoms with Gasteiger partial charge in [0.15, 0.2) is 11.5 Å². The minimum absolute atomic E-state index is 0.0277. The van der Waals surface area contributed by atoms with Crippen molar-refractivity contribution in [3.05, 3.63) is 30.1 Å². The molecule has 8 nitrogen and oxygen atoms in total. The average molecular weight is 393 g/mol. The number of hydrogen-bond donors (Lipinski definition) is 0. The van der Waals surface area contributed by atoms with Crippen LogP contribution in [0.25, 0.3) is 11.4 Å². The van der Waals surface area contributed by atoms with Gasteiger partial charge in [0.1, 0.15) is 19.0 Å². The molecule has 0 bridgehead atoms. The first-order valence-corrected chi connectivity index (χ1v) is 10.6. The van der Waals surface area contributed by atoms with Crippen LogP contribution in [-0.2, 0) is 21.3 Å². The van der Waals surface area contributed by atoms with Crippen LogP contribution >= 0.6 is 0 Å². The fourth-order valence-corrected chi connectivity index (χ4v) is 4.72. The molecule has 9 heteroatoms. The summed E-state index contributed by atoms with van der Waals surface area (Å²) in [6.45, 7) is 5.11. The summed E-state index contributed by atoms with van der Waals surface area (Å²) in [6.07, 6.45) is 3.49. The summed E-state index contributed by atoms with van der Waals surface area (Å²) in [5, 5.41) is 0. The second-order valence-electron chi connectivity index (χ2n) is 6.58. The lowest BCUT2D eigenvalue weighted by Crippen LogP contribution is -2.42. The van der Waals surface area contributed by atoms with Gasteiger partial charge in [0.05, 0.1) is 19.0 Å². The van der Waals surface area contributed by atoms with Crippen LogP contribution in [0.1, 0.15) is 5.56 Å². The van der Waals surface area contributed by atoms with Gasteiger partial charge in [0.25, 0.3) is 0 Å². The zero-order valence-electron chi connectivity index (χ0n) is 15.3. The molecule has 1 fully saturated rings. The number of rotatable bonds is 5. The van der Waals surface area contributed by atoms with Crippen molar-refractivity contribution in [1.82, 2.24) is 13.9 Å². The molecule has 1 aromatic carbocycles. The Bertz CT molecular complexity index is 919. The molecule has 0 amide bonds. The average Bonchev–Trinajstić information content (AvgIpc) is 3.15. The van der Waals surface area contributed by atoms with Crippen molar-refractivity contribution in [1.29, 1.82) is 0 Å². The number of hydrogen-bond acceptors (Lipinski definition) is 6. The van der Waals surface area contributed by atoms with Crippen LogP contribution in [0.3, 0.4) is 0 Å². The van der Waals surface area contributed by atoms with E-state index in [0.717, 1.165) is 22.7 Å². The molecule has 0 unspecified atom stereocenters. The molecule has 0 N–H and O–H groups in total. The lowest BCUT2D eigenvalue weighted by Gasteiger charge is -2.26. The van der Waals surface area contributed by atoms with Crippen LogP contribution in [-0.4, -0.2) is 67.5 Å². The molecule has 0 saturated carbocycles. The van der Waals surface area contributed by atoms with Crippen molar-refractivity contribution in [3.63, 3.8) is 0 Å². The van der Waals surface area contributed by atoms with Gasteiger partial charge >= 0.3 is 0 Å². The Balaban J connectivity index is 1.55. The van der Waals surface area contributed by atoms with Gasteiger partial charge in [-0.25, -0.2) is 13.4 Å². The number of ether oxygens (including phenoxy) is 3. The molecular weight excluding hydrogens is 370 g/mol. The van der Waals surface area contributed by atoms with Gasteiger partial charge in [-0.1, -0.05) is 0 Å². The SMILES string of the molecule is Cc1cc2c(cc1-c1nccn1CCS(=O)(=O)N1CCOCC1)OCCO2. The van der Waals surface area contributed by atoms with Crippen molar-refractivity contribution in [2.75, 3.05) is 45.3 Å². The molecule has 1 saturated heterocycles. The van der Waals surface area contributed by atoms with E-state index in [0.29, 0.717) is 51.8 Å². The summed E-state index contributed by atoms with van der Waals surface area (Å²) in [6, 6.07) is 3.85. The predicted molar refractivity (Wildman–Crippen MR) is 99.6 cm³/mol. The number of nitrogens with zero attached hydrogens (tertiary/aromatic N) is 3. The summed E-state index contributed by atoms with van der Waals surface area (Å²) >= 11 is 0. The first kappa shape index (κ1) is 18.3. The van der Waals surface area contributed by atoms with Crippen molar-refractivity contribution in [3.8, 4) is 22.9 Å². The molecule has 0 radical (unpaired) electrons. The molecule has 0 atom stereocenters. The number of fused-ring (bicyclic) bond motifs is 1.